The highest BCUT2D eigenvalue weighted by Gasteiger charge is 2.21. The van der Waals surface area contributed by atoms with Gasteiger partial charge in [-0.3, -0.25) is 0 Å². The number of aryl methyl sites for hydroxylation is 1. The molecule has 0 saturated carbocycles. The van der Waals surface area contributed by atoms with E-state index in [9.17, 15) is 5.11 Å². The van der Waals surface area contributed by atoms with Crippen LogP contribution in [0.25, 0.3) is 0 Å². The van der Waals surface area contributed by atoms with Crippen LogP contribution in [0.1, 0.15) is 29.3 Å². The Balaban J connectivity index is 2.03. The van der Waals surface area contributed by atoms with Crippen LogP contribution in [-0.4, -0.2) is 20.5 Å². The van der Waals surface area contributed by atoms with Gasteiger partial charge in [0.15, 0.2) is 0 Å². The lowest BCUT2D eigenvalue weighted by Gasteiger charge is -2.21. The Morgan fingerprint density at radius 3 is 3.18 bits per heavy atom. The molecule has 2 heterocycles. The van der Waals surface area contributed by atoms with Gasteiger partial charge < -0.3 is 9.84 Å². The van der Waals surface area contributed by atoms with Crippen molar-refractivity contribution in [2.45, 2.75) is 18.9 Å². The van der Waals surface area contributed by atoms with Gasteiger partial charge in [-0.25, -0.2) is 0 Å². The molecule has 2 aromatic rings. The molecule has 0 fully saturated rings. The number of ether oxygens (including phenoxy) is 1. The zero-order chi connectivity index (χ0) is 11.7. The van der Waals surface area contributed by atoms with E-state index in [1.807, 2.05) is 18.2 Å². The first-order valence-corrected chi connectivity index (χ1v) is 6.29. The van der Waals surface area contributed by atoms with Crippen LogP contribution in [0.15, 0.2) is 24.4 Å². The number of fused-ring (bicyclic) bond motifs is 1. The molecule has 0 amide bonds. The quantitative estimate of drug-likeness (QED) is 0.882. The molecule has 3 rings (SSSR count). The van der Waals surface area contributed by atoms with E-state index in [4.69, 9.17) is 4.74 Å². The second kappa shape index (κ2) is 4.43. The first-order chi connectivity index (χ1) is 8.36. The number of nitrogens with zero attached hydrogens (tertiary/aromatic N) is 2. The molecule has 1 unspecified atom stereocenters. The second-order valence-electron chi connectivity index (χ2n) is 4.02. The first-order valence-electron chi connectivity index (χ1n) is 5.56. The number of benzene rings is 1. The van der Waals surface area contributed by atoms with E-state index in [1.165, 1.54) is 0 Å². The van der Waals surface area contributed by atoms with Crippen LogP contribution >= 0.6 is 11.7 Å². The first kappa shape index (κ1) is 10.7. The summed E-state index contributed by atoms with van der Waals surface area (Å²) in [4.78, 5) is 0. The molecule has 0 saturated heterocycles. The van der Waals surface area contributed by atoms with E-state index in [0.29, 0.717) is 12.3 Å². The Kier molecular flexibility index (Phi) is 2.78. The molecule has 5 heteroatoms. The van der Waals surface area contributed by atoms with E-state index in [0.717, 1.165) is 41.4 Å². The molecular formula is C12H12N2O2S. The molecule has 17 heavy (non-hydrogen) atoms. The highest BCUT2D eigenvalue weighted by molar-refractivity contribution is 6.99. The maximum Gasteiger partial charge on any atom is 0.128 e. The number of aliphatic hydroxyl groups is 1. The van der Waals surface area contributed by atoms with Crippen molar-refractivity contribution < 1.29 is 9.84 Å². The van der Waals surface area contributed by atoms with Crippen LogP contribution < -0.4 is 4.74 Å². The Labute approximate surface area is 103 Å². The summed E-state index contributed by atoms with van der Waals surface area (Å²) >= 11 is 1.10. The molecule has 4 nitrogen and oxygen atoms in total. The maximum absolute atomic E-state index is 10.3. The molecule has 1 N–H and O–H groups in total. The molecule has 1 atom stereocenters. The minimum absolute atomic E-state index is 0.581. The fourth-order valence-corrected chi connectivity index (χ4v) is 2.53. The highest BCUT2D eigenvalue weighted by atomic mass is 32.1. The minimum atomic E-state index is -0.748. The zero-order valence-electron chi connectivity index (χ0n) is 9.17. The van der Waals surface area contributed by atoms with Gasteiger partial charge in [-0.2, -0.15) is 8.75 Å². The van der Waals surface area contributed by atoms with Crippen molar-refractivity contribution in [1.29, 1.82) is 0 Å². The minimum Gasteiger partial charge on any atom is -0.493 e. The summed E-state index contributed by atoms with van der Waals surface area (Å²) in [6, 6.07) is 5.88. The number of aromatic nitrogens is 2. The van der Waals surface area contributed by atoms with Crippen LogP contribution in [0.4, 0.5) is 0 Å². The van der Waals surface area contributed by atoms with Crippen molar-refractivity contribution in [3.63, 3.8) is 0 Å². The summed E-state index contributed by atoms with van der Waals surface area (Å²) in [5, 5.41) is 10.3. The van der Waals surface area contributed by atoms with Crippen molar-refractivity contribution in [3.8, 4) is 5.75 Å². The molecule has 0 bridgehead atoms. The average molecular weight is 248 g/mol. The van der Waals surface area contributed by atoms with Crippen LogP contribution in [0.3, 0.4) is 0 Å². The Morgan fingerprint density at radius 2 is 2.35 bits per heavy atom. The van der Waals surface area contributed by atoms with Crippen LogP contribution in [0.2, 0.25) is 0 Å². The Morgan fingerprint density at radius 1 is 1.41 bits per heavy atom. The van der Waals surface area contributed by atoms with Gasteiger partial charge in [-0.1, -0.05) is 18.2 Å². The largest absolute Gasteiger partial charge is 0.493 e. The Bertz CT molecular complexity index is 513. The van der Waals surface area contributed by atoms with E-state index in [1.54, 1.807) is 6.20 Å². The lowest BCUT2D eigenvalue weighted by molar-refractivity contribution is 0.203. The van der Waals surface area contributed by atoms with Crippen LogP contribution in [-0.2, 0) is 6.42 Å². The maximum atomic E-state index is 10.3. The van der Waals surface area contributed by atoms with Gasteiger partial charge in [0.1, 0.15) is 17.5 Å². The van der Waals surface area contributed by atoms with Gasteiger partial charge in [0.25, 0.3) is 0 Å². The fraction of sp³-hybridized carbons (Fsp3) is 0.333. The Hall–Kier alpha value is -1.46. The third kappa shape index (κ3) is 1.92. The van der Waals surface area contributed by atoms with Crippen LogP contribution in [0, 0.1) is 0 Å². The molecule has 1 aliphatic rings. The van der Waals surface area contributed by atoms with Crippen molar-refractivity contribution >= 4 is 11.7 Å². The monoisotopic (exact) mass is 248 g/mol. The smallest absolute Gasteiger partial charge is 0.128 e. The van der Waals surface area contributed by atoms with Gasteiger partial charge in [0, 0.05) is 5.56 Å². The molecule has 1 aromatic carbocycles. The number of rotatable bonds is 2. The van der Waals surface area contributed by atoms with E-state index in [2.05, 4.69) is 8.75 Å². The standard InChI is InChI=1S/C12H12N2O2S/c15-11(10-7-13-17-14-10)9-5-1-3-8-4-2-6-16-12(8)9/h1,3,5,7,11,15H,2,4,6H2. The van der Waals surface area contributed by atoms with Gasteiger partial charge in [-0.15, -0.1) is 0 Å². The van der Waals surface area contributed by atoms with E-state index >= 15 is 0 Å². The zero-order valence-corrected chi connectivity index (χ0v) is 9.98. The summed E-state index contributed by atoms with van der Waals surface area (Å²) in [5.41, 5.74) is 2.53. The molecule has 0 radical (unpaired) electrons. The molecule has 1 aromatic heterocycles. The fourth-order valence-electron chi connectivity index (χ4n) is 2.08. The third-order valence-electron chi connectivity index (χ3n) is 2.92. The predicted octanol–water partition coefficient (Wildman–Crippen LogP) is 1.94. The number of hydrogen-bond acceptors (Lipinski definition) is 5. The van der Waals surface area contributed by atoms with E-state index < -0.39 is 6.10 Å². The van der Waals surface area contributed by atoms with E-state index in [-0.39, 0.29) is 0 Å². The van der Waals surface area contributed by atoms with Crippen molar-refractivity contribution in [2.75, 3.05) is 6.61 Å². The molecule has 0 spiro atoms. The lowest BCUT2D eigenvalue weighted by Crippen LogP contribution is -2.12. The summed E-state index contributed by atoms with van der Waals surface area (Å²) in [7, 11) is 0. The molecule has 0 aliphatic carbocycles. The van der Waals surface area contributed by atoms with Crippen molar-refractivity contribution in [2.24, 2.45) is 0 Å². The lowest BCUT2D eigenvalue weighted by atomic mass is 9.98. The summed E-state index contributed by atoms with van der Waals surface area (Å²) in [6.45, 7) is 0.714. The summed E-state index contributed by atoms with van der Waals surface area (Å²) in [6.07, 6.45) is 2.88. The summed E-state index contributed by atoms with van der Waals surface area (Å²) < 4.78 is 13.6. The average Bonchev–Trinajstić information content (AvgIpc) is 2.91. The van der Waals surface area contributed by atoms with Gasteiger partial charge in [0.2, 0.25) is 0 Å². The summed E-state index contributed by atoms with van der Waals surface area (Å²) in [5.74, 6) is 0.819. The van der Waals surface area contributed by atoms with Crippen LogP contribution in [0.5, 0.6) is 5.75 Å². The van der Waals surface area contributed by atoms with Gasteiger partial charge in [0.05, 0.1) is 24.5 Å². The predicted molar refractivity (Wildman–Crippen MR) is 64.2 cm³/mol. The highest BCUT2D eigenvalue weighted by Crippen LogP contribution is 2.34. The topological polar surface area (TPSA) is 55.2 Å². The van der Waals surface area contributed by atoms with Gasteiger partial charge in [-0.05, 0) is 18.4 Å². The molecule has 88 valence electrons. The normalized spacial score (nSPS) is 16.1. The number of hydrogen-bond donors (Lipinski definition) is 1. The number of para-hydroxylation sites is 1. The molecular weight excluding hydrogens is 236 g/mol. The second-order valence-corrected chi connectivity index (χ2v) is 4.58. The third-order valence-corrected chi connectivity index (χ3v) is 3.41. The van der Waals surface area contributed by atoms with Crippen molar-refractivity contribution in [3.05, 3.63) is 41.2 Å². The molecule has 1 aliphatic heterocycles. The SMILES string of the molecule is OC(c1cnsn1)c1cccc2c1OCCC2. The van der Waals surface area contributed by atoms with Gasteiger partial charge >= 0.3 is 0 Å². The van der Waals surface area contributed by atoms with Crippen molar-refractivity contribution in [1.82, 2.24) is 8.75 Å². The number of aliphatic hydroxyl groups excluding tert-OH is 1.